The highest BCUT2D eigenvalue weighted by molar-refractivity contribution is 5.92. The number of nitro benzene ring substituents is 1. The lowest BCUT2D eigenvalue weighted by molar-refractivity contribution is -0.878. The van der Waals surface area contributed by atoms with Gasteiger partial charge in [-0.1, -0.05) is 6.07 Å². The van der Waals surface area contributed by atoms with Crippen molar-refractivity contribution in [3.63, 3.8) is 0 Å². The Kier molecular flexibility index (Phi) is 8.42. The molecular weight excluding hydrogens is 390 g/mol. The molecule has 30 heavy (non-hydrogen) atoms. The Bertz CT molecular complexity index is 887. The van der Waals surface area contributed by atoms with Crippen LogP contribution in [0.5, 0.6) is 17.2 Å². The van der Waals surface area contributed by atoms with Gasteiger partial charge in [-0.3, -0.25) is 14.9 Å². The van der Waals surface area contributed by atoms with Crippen LogP contribution in [-0.2, 0) is 11.2 Å². The molecule has 1 atom stereocenters. The second-order valence-corrected chi connectivity index (χ2v) is 6.84. The van der Waals surface area contributed by atoms with Crippen molar-refractivity contribution >= 4 is 17.3 Å². The van der Waals surface area contributed by atoms with Gasteiger partial charge in [0.05, 0.1) is 58.5 Å². The minimum absolute atomic E-state index is 0.108. The summed E-state index contributed by atoms with van der Waals surface area (Å²) < 4.78 is 15.7. The number of amides is 1. The molecule has 1 amide bonds. The van der Waals surface area contributed by atoms with Gasteiger partial charge in [0.1, 0.15) is 5.75 Å². The van der Waals surface area contributed by atoms with Crippen LogP contribution in [0.1, 0.15) is 12.0 Å². The summed E-state index contributed by atoms with van der Waals surface area (Å²) in [4.78, 5) is 23.9. The van der Waals surface area contributed by atoms with Crippen LogP contribution in [0.4, 0.5) is 11.4 Å². The normalized spacial score (nSPS) is 11.5. The Morgan fingerprint density at radius 3 is 2.30 bits per heavy atom. The number of benzene rings is 2. The van der Waals surface area contributed by atoms with Crippen molar-refractivity contribution < 1.29 is 28.8 Å². The summed E-state index contributed by atoms with van der Waals surface area (Å²) in [6, 6.07) is 9.92. The summed E-state index contributed by atoms with van der Waals surface area (Å²) in [5.41, 5.74) is 1.31. The van der Waals surface area contributed by atoms with Crippen molar-refractivity contribution in [1.29, 1.82) is 0 Å². The molecule has 0 aliphatic carbocycles. The van der Waals surface area contributed by atoms with Crippen molar-refractivity contribution in [2.75, 3.05) is 46.8 Å². The molecule has 162 valence electrons. The highest BCUT2D eigenvalue weighted by atomic mass is 16.6. The molecule has 0 fully saturated rings. The number of quaternary nitrogens is 1. The van der Waals surface area contributed by atoms with E-state index in [1.165, 1.54) is 30.2 Å². The number of non-ortho nitro benzene ring substituents is 1. The van der Waals surface area contributed by atoms with Crippen molar-refractivity contribution in [2.24, 2.45) is 0 Å². The van der Waals surface area contributed by atoms with E-state index in [-0.39, 0.29) is 18.0 Å². The average Bonchev–Trinajstić information content (AvgIpc) is 2.75. The van der Waals surface area contributed by atoms with Gasteiger partial charge >= 0.3 is 0 Å². The Labute approximate surface area is 175 Å². The molecule has 0 heterocycles. The second-order valence-electron chi connectivity index (χ2n) is 6.84. The zero-order chi connectivity index (χ0) is 22.1. The molecule has 0 saturated carbocycles. The van der Waals surface area contributed by atoms with Gasteiger partial charge in [-0.15, -0.1) is 0 Å². The van der Waals surface area contributed by atoms with Gasteiger partial charge < -0.3 is 24.4 Å². The van der Waals surface area contributed by atoms with Crippen molar-refractivity contribution in [1.82, 2.24) is 0 Å². The van der Waals surface area contributed by atoms with E-state index in [0.29, 0.717) is 29.5 Å². The summed E-state index contributed by atoms with van der Waals surface area (Å²) >= 11 is 0. The molecule has 0 bridgehead atoms. The zero-order valence-corrected chi connectivity index (χ0v) is 17.7. The molecular formula is C21H28N3O6+. The SMILES string of the molecule is COc1ccc([N+](=O)[O-])cc1NC(=O)CC[NH+](C)CCc1ccc(OC)c(OC)c1. The fourth-order valence-corrected chi connectivity index (χ4v) is 2.97. The molecule has 0 aromatic heterocycles. The van der Waals surface area contributed by atoms with Crippen molar-refractivity contribution in [3.8, 4) is 17.2 Å². The van der Waals surface area contributed by atoms with E-state index >= 15 is 0 Å². The van der Waals surface area contributed by atoms with Gasteiger partial charge in [-0.05, 0) is 23.8 Å². The molecule has 0 saturated heterocycles. The molecule has 2 aromatic rings. The Morgan fingerprint density at radius 2 is 1.67 bits per heavy atom. The maximum absolute atomic E-state index is 12.3. The van der Waals surface area contributed by atoms with Crippen molar-refractivity contribution in [3.05, 3.63) is 52.1 Å². The van der Waals surface area contributed by atoms with Gasteiger partial charge in [0.15, 0.2) is 11.5 Å². The molecule has 2 rings (SSSR count). The Morgan fingerprint density at radius 1 is 1.00 bits per heavy atom. The number of ether oxygens (including phenoxy) is 3. The Balaban J connectivity index is 1.86. The fourth-order valence-electron chi connectivity index (χ4n) is 2.97. The van der Waals surface area contributed by atoms with Crippen LogP contribution in [0, 0.1) is 10.1 Å². The third-order valence-electron chi connectivity index (χ3n) is 4.74. The highest BCUT2D eigenvalue weighted by Crippen LogP contribution is 2.29. The number of rotatable bonds is 11. The number of carbonyl (C=O) groups excluding carboxylic acids is 1. The van der Waals surface area contributed by atoms with E-state index in [1.807, 2.05) is 25.2 Å². The lowest BCUT2D eigenvalue weighted by Crippen LogP contribution is -3.09. The van der Waals surface area contributed by atoms with Crippen LogP contribution >= 0.6 is 0 Å². The van der Waals surface area contributed by atoms with Gasteiger partial charge in [0, 0.05) is 18.6 Å². The topological polar surface area (TPSA) is 104 Å². The summed E-state index contributed by atoms with van der Waals surface area (Å²) in [5, 5.41) is 13.7. The van der Waals surface area contributed by atoms with Crippen LogP contribution in [0.25, 0.3) is 0 Å². The first-order chi connectivity index (χ1) is 14.4. The molecule has 2 N–H and O–H groups in total. The lowest BCUT2D eigenvalue weighted by Gasteiger charge is -2.15. The predicted octanol–water partition coefficient (Wildman–Crippen LogP) is 1.71. The van der Waals surface area contributed by atoms with Gasteiger partial charge in [0.2, 0.25) is 5.91 Å². The molecule has 0 radical (unpaired) electrons. The first kappa shape index (κ1) is 23.0. The molecule has 9 heteroatoms. The highest BCUT2D eigenvalue weighted by Gasteiger charge is 2.15. The number of hydrogen-bond acceptors (Lipinski definition) is 6. The third kappa shape index (κ3) is 6.35. The molecule has 2 aromatic carbocycles. The van der Waals surface area contributed by atoms with E-state index in [4.69, 9.17) is 14.2 Å². The molecule has 0 spiro atoms. The third-order valence-corrected chi connectivity index (χ3v) is 4.74. The number of nitrogens with zero attached hydrogens (tertiary/aromatic N) is 1. The van der Waals surface area contributed by atoms with Gasteiger partial charge in [0.25, 0.3) is 5.69 Å². The van der Waals surface area contributed by atoms with E-state index in [1.54, 1.807) is 14.2 Å². The standard InChI is InChI=1S/C21H27N3O6/c1-23(11-9-15-5-7-19(29-3)20(13-15)30-4)12-10-21(25)22-17-14-16(24(26)27)6-8-18(17)28-2/h5-8,13-14H,9-12H2,1-4H3,(H,22,25)/p+1. The van der Waals surface area contributed by atoms with Gasteiger partial charge in [-0.2, -0.15) is 0 Å². The predicted molar refractivity (Wildman–Crippen MR) is 113 cm³/mol. The number of anilines is 1. The average molecular weight is 418 g/mol. The molecule has 1 unspecified atom stereocenters. The summed E-state index contributed by atoms with van der Waals surface area (Å²) in [6.07, 6.45) is 1.11. The van der Waals surface area contributed by atoms with Crippen LogP contribution in [0.15, 0.2) is 36.4 Å². The summed E-state index contributed by atoms with van der Waals surface area (Å²) in [7, 11) is 6.67. The van der Waals surface area contributed by atoms with Gasteiger partial charge in [-0.25, -0.2) is 0 Å². The van der Waals surface area contributed by atoms with Crippen molar-refractivity contribution in [2.45, 2.75) is 12.8 Å². The summed E-state index contributed by atoms with van der Waals surface area (Å²) in [5.74, 6) is 1.54. The monoisotopic (exact) mass is 418 g/mol. The number of likely N-dealkylation sites (N-methyl/N-ethyl adjacent to an activating group) is 1. The number of carbonyl (C=O) groups is 1. The maximum atomic E-state index is 12.3. The van der Waals surface area contributed by atoms with Crippen LogP contribution in [-0.4, -0.2) is 52.3 Å². The molecule has 9 nitrogen and oxygen atoms in total. The van der Waals surface area contributed by atoms with E-state index in [2.05, 4.69) is 5.32 Å². The maximum Gasteiger partial charge on any atom is 0.271 e. The Hall–Kier alpha value is -3.33. The van der Waals surface area contributed by atoms with E-state index in [9.17, 15) is 14.9 Å². The summed E-state index contributed by atoms with van der Waals surface area (Å²) in [6.45, 7) is 1.46. The quantitative estimate of drug-likeness (QED) is 0.425. The number of methoxy groups -OCH3 is 3. The first-order valence-electron chi connectivity index (χ1n) is 9.52. The number of nitro groups is 1. The minimum atomic E-state index is -0.513. The van der Waals surface area contributed by atoms with Crippen LogP contribution in [0.2, 0.25) is 0 Å². The largest absolute Gasteiger partial charge is 0.495 e. The van der Waals surface area contributed by atoms with Crippen LogP contribution < -0.4 is 24.4 Å². The number of hydrogen-bond donors (Lipinski definition) is 2. The fraction of sp³-hybridized carbons (Fsp3) is 0.381. The molecule has 0 aliphatic heterocycles. The first-order valence-corrected chi connectivity index (χ1v) is 9.52. The lowest BCUT2D eigenvalue weighted by atomic mass is 10.1. The van der Waals surface area contributed by atoms with E-state index in [0.717, 1.165) is 18.5 Å². The second kappa shape index (κ2) is 11.0. The number of nitrogens with one attached hydrogen (secondary N) is 2. The molecule has 0 aliphatic rings. The smallest absolute Gasteiger partial charge is 0.271 e. The van der Waals surface area contributed by atoms with Crippen LogP contribution in [0.3, 0.4) is 0 Å². The zero-order valence-electron chi connectivity index (χ0n) is 17.7. The van der Waals surface area contributed by atoms with E-state index < -0.39 is 4.92 Å². The minimum Gasteiger partial charge on any atom is -0.495 e.